The number of nitrogens with one attached hydrogen (secondary N) is 2. The van der Waals surface area contributed by atoms with E-state index in [1.54, 1.807) is 11.3 Å². The Kier molecular flexibility index (Phi) is 5.18. The first kappa shape index (κ1) is 19.6. The number of carbonyl (C=O) groups is 1. The van der Waals surface area contributed by atoms with Crippen molar-refractivity contribution in [2.45, 2.75) is 51.9 Å². The maximum atomic E-state index is 12.5. The van der Waals surface area contributed by atoms with Crippen LogP contribution in [0, 0.1) is 0 Å². The van der Waals surface area contributed by atoms with E-state index < -0.39 is 17.2 Å². The largest absolute Gasteiger partial charge is 0.481 e. The van der Waals surface area contributed by atoms with Crippen LogP contribution >= 0.6 is 23.6 Å². The third-order valence-corrected chi connectivity index (χ3v) is 5.78. The number of fused-ring (bicyclic) bond motifs is 1. The fourth-order valence-corrected chi connectivity index (χ4v) is 3.89. The van der Waals surface area contributed by atoms with Gasteiger partial charge in [0.1, 0.15) is 28.0 Å². The SMILES string of the molecule is CC1Oc2ccc(C(C)(NC(=O)OC(C)(C)C)c3cccs3)cc2NC1=S. The van der Waals surface area contributed by atoms with Crippen molar-refractivity contribution in [2.75, 3.05) is 5.32 Å². The molecule has 1 aliphatic rings. The molecule has 0 spiro atoms. The van der Waals surface area contributed by atoms with Gasteiger partial charge in [0.15, 0.2) is 0 Å². The highest BCUT2D eigenvalue weighted by atomic mass is 32.1. The van der Waals surface area contributed by atoms with Gasteiger partial charge in [0.25, 0.3) is 0 Å². The zero-order valence-electron chi connectivity index (χ0n) is 16.1. The van der Waals surface area contributed by atoms with E-state index in [9.17, 15) is 4.79 Å². The number of thiophene rings is 1. The van der Waals surface area contributed by atoms with Crippen LogP contribution in [0.5, 0.6) is 5.75 Å². The molecule has 2 aromatic rings. The summed E-state index contributed by atoms with van der Waals surface area (Å²) >= 11 is 6.90. The van der Waals surface area contributed by atoms with Gasteiger partial charge in [-0.25, -0.2) is 4.79 Å². The average Bonchev–Trinajstić information content (AvgIpc) is 3.08. The van der Waals surface area contributed by atoms with Crippen LogP contribution in [0.4, 0.5) is 10.5 Å². The van der Waals surface area contributed by atoms with Crippen molar-refractivity contribution in [3.63, 3.8) is 0 Å². The number of ether oxygens (including phenoxy) is 2. The Hall–Kier alpha value is -2.12. The van der Waals surface area contributed by atoms with Crippen LogP contribution in [0.1, 0.15) is 45.1 Å². The molecule has 0 saturated carbocycles. The molecule has 0 radical (unpaired) electrons. The van der Waals surface area contributed by atoms with Crippen molar-refractivity contribution in [3.05, 3.63) is 46.2 Å². The molecule has 3 rings (SSSR count). The van der Waals surface area contributed by atoms with Crippen molar-refractivity contribution >= 4 is 40.3 Å². The van der Waals surface area contributed by atoms with E-state index in [4.69, 9.17) is 21.7 Å². The van der Waals surface area contributed by atoms with Crippen LogP contribution in [-0.2, 0) is 10.3 Å². The Morgan fingerprint density at radius 3 is 2.67 bits per heavy atom. The van der Waals surface area contributed by atoms with E-state index in [0.29, 0.717) is 4.99 Å². The van der Waals surface area contributed by atoms with E-state index in [0.717, 1.165) is 21.9 Å². The molecule has 1 aromatic carbocycles. The second-order valence-electron chi connectivity index (χ2n) is 7.69. The molecule has 27 heavy (non-hydrogen) atoms. The summed E-state index contributed by atoms with van der Waals surface area (Å²) in [4.78, 5) is 14.2. The molecule has 7 heteroatoms. The highest BCUT2D eigenvalue weighted by Crippen LogP contribution is 2.38. The first-order valence-electron chi connectivity index (χ1n) is 8.76. The van der Waals surface area contributed by atoms with Crippen LogP contribution in [0.25, 0.3) is 0 Å². The van der Waals surface area contributed by atoms with Crippen LogP contribution in [0.3, 0.4) is 0 Å². The lowest BCUT2D eigenvalue weighted by atomic mass is 9.89. The molecule has 2 atom stereocenters. The second-order valence-corrected chi connectivity index (χ2v) is 9.08. The number of hydrogen-bond donors (Lipinski definition) is 2. The third kappa shape index (κ3) is 4.25. The normalized spacial score (nSPS) is 18.6. The number of rotatable bonds is 3. The number of alkyl carbamates (subject to hydrolysis) is 1. The monoisotopic (exact) mass is 404 g/mol. The fourth-order valence-electron chi connectivity index (χ4n) is 2.87. The lowest BCUT2D eigenvalue weighted by Gasteiger charge is -2.33. The van der Waals surface area contributed by atoms with Gasteiger partial charge < -0.3 is 20.1 Å². The Balaban J connectivity index is 1.98. The maximum Gasteiger partial charge on any atom is 0.408 e. The highest BCUT2D eigenvalue weighted by Gasteiger charge is 2.35. The zero-order valence-corrected chi connectivity index (χ0v) is 17.7. The van der Waals surface area contributed by atoms with Crippen LogP contribution in [-0.4, -0.2) is 22.8 Å². The Morgan fingerprint density at radius 1 is 1.30 bits per heavy atom. The number of amides is 1. The first-order valence-corrected chi connectivity index (χ1v) is 10.0. The minimum Gasteiger partial charge on any atom is -0.481 e. The predicted molar refractivity (Wildman–Crippen MR) is 113 cm³/mol. The van der Waals surface area contributed by atoms with E-state index in [2.05, 4.69) is 10.6 Å². The van der Waals surface area contributed by atoms with Gasteiger partial charge in [-0.2, -0.15) is 0 Å². The van der Waals surface area contributed by atoms with Crippen LogP contribution in [0.15, 0.2) is 35.7 Å². The summed E-state index contributed by atoms with van der Waals surface area (Å²) in [5, 5.41) is 8.26. The molecule has 2 unspecified atom stereocenters. The Morgan fingerprint density at radius 2 is 2.04 bits per heavy atom. The molecular weight excluding hydrogens is 380 g/mol. The topological polar surface area (TPSA) is 59.6 Å². The molecule has 144 valence electrons. The van der Waals surface area contributed by atoms with Gasteiger partial charge in [0.2, 0.25) is 0 Å². The molecule has 0 bridgehead atoms. The van der Waals surface area contributed by atoms with E-state index >= 15 is 0 Å². The third-order valence-electron chi connectivity index (χ3n) is 4.25. The van der Waals surface area contributed by atoms with E-state index in [-0.39, 0.29) is 6.10 Å². The van der Waals surface area contributed by atoms with E-state index in [1.165, 1.54) is 0 Å². The summed E-state index contributed by atoms with van der Waals surface area (Å²) in [6.45, 7) is 9.41. The van der Waals surface area contributed by atoms with Crippen LogP contribution in [0.2, 0.25) is 0 Å². The number of anilines is 1. The van der Waals surface area contributed by atoms with Gasteiger partial charge in [0, 0.05) is 4.88 Å². The quantitative estimate of drug-likeness (QED) is 0.701. The molecule has 1 amide bonds. The molecule has 5 nitrogen and oxygen atoms in total. The summed E-state index contributed by atoms with van der Waals surface area (Å²) in [6, 6.07) is 9.78. The Labute approximate surface area is 169 Å². The number of carbonyl (C=O) groups excluding carboxylic acids is 1. The molecule has 0 saturated heterocycles. The smallest absolute Gasteiger partial charge is 0.408 e. The van der Waals surface area contributed by atoms with Gasteiger partial charge in [-0.15, -0.1) is 11.3 Å². The van der Waals surface area contributed by atoms with Crippen molar-refractivity contribution in [2.24, 2.45) is 0 Å². The average molecular weight is 405 g/mol. The summed E-state index contributed by atoms with van der Waals surface area (Å²) < 4.78 is 11.3. The van der Waals surface area contributed by atoms with Crippen molar-refractivity contribution in [1.29, 1.82) is 0 Å². The second kappa shape index (κ2) is 7.13. The summed E-state index contributed by atoms with van der Waals surface area (Å²) in [6.07, 6.45) is -0.633. The molecule has 2 heterocycles. The van der Waals surface area contributed by atoms with Crippen molar-refractivity contribution in [1.82, 2.24) is 5.32 Å². The lowest BCUT2D eigenvalue weighted by Crippen LogP contribution is -2.46. The van der Waals surface area contributed by atoms with Gasteiger partial charge in [-0.3, -0.25) is 0 Å². The van der Waals surface area contributed by atoms with Gasteiger partial charge in [-0.1, -0.05) is 24.4 Å². The van der Waals surface area contributed by atoms with Crippen molar-refractivity contribution in [3.8, 4) is 5.75 Å². The first-order chi connectivity index (χ1) is 12.6. The molecule has 1 aromatic heterocycles. The van der Waals surface area contributed by atoms with Gasteiger partial charge >= 0.3 is 6.09 Å². The van der Waals surface area contributed by atoms with Crippen molar-refractivity contribution < 1.29 is 14.3 Å². The minimum absolute atomic E-state index is 0.165. The standard InChI is InChI=1S/C20H24N2O3S2/c1-12-17(26)21-14-11-13(8-9-15(14)24-12)20(5,16-7-6-10-27-16)22-18(23)25-19(2,3)4/h6-12H,1-5H3,(H,21,26)(H,22,23). The lowest BCUT2D eigenvalue weighted by molar-refractivity contribution is 0.0481. The number of benzene rings is 1. The molecule has 0 aliphatic carbocycles. The minimum atomic E-state index is -0.752. The predicted octanol–water partition coefficient (Wildman–Crippen LogP) is 5.06. The summed E-state index contributed by atoms with van der Waals surface area (Å²) in [7, 11) is 0. The summed E-state index contributed by atoms with van der Waals surface area (Å²) in [5.41, 5.74) is 0.374. The van der Waals surface area contributed by atoms with Gasteiger partial charge in [0.05, 0.1) is 5.69 Å². The van der Waals surface area contributed by atoms with Crippen LogP contribution < -0.4 is 15.4 Å². The number of thiocarbonyl (C=S) groups is 1. The van der Waals surface area contributed by atoms with E-state index in [1.807, 2.05) is 70.3 Å². The molecular formula is C20H24N2O3S2. The Bertz CT molecular complexity index is 859. The molecule has 0 fully saturated rings. The number of hydrogen-bond acceptors (Lipinski definition) is 5. The molecule has 1 aliphatic heterocycles. The fraction of sp³-hybridized carbons (Fsp3) is 0.400. The zero-order chi connectivity index (χ0) is 19.8. The highest BCUT2D eigenvalue weighted by molar-refractivity contribution is 7.80. The summed E-state index contributed by atoms with van der Waals surface area (Å²) in [5.74, 6) is 0.741. The molecule has 2 N–H and O–H groups in total. The maximum absolute atomic E-state index is 12.5. The van der Waals surface area contributed by atoms with Gasteiger partial charge in [-0.05, 0) is 63.8 Å².